The van der Waals surface area contributed by atoms with Gasteiger partial charge in [0.2, 0.25) is 0 Å². The summed E-state index contributed by atoms with van der Waals surface area (Å²) in [5, 5.41) is 0. The molecule has 8 heavy (non-hydrogen) atoms. The summed E-state index contributed by atoms with van der Waals surface area (Å²) in [5.74, 6) is 0. The Labute approximate surface area is 52.5 Å². The molecule has 0 aromatic heterocycles. The highest BCUT2D eigenvalue weighted by atomic mass is 19.0. The molecule has 0 aliphatic heterocycles. The van der Waals surface area contributed by atoms with Gasteiger partial charge in [0.25, 0.3) is 0 Å². The molecule has 0 unspecified atom stereocenters. The molecule has 0 aliphatic rings. The molecule has 0 bridgehead atoms. The van der Waals surface area contributed by atoms with Gasteiger partial charge in [-0.05, 0) is 19.6 Å². The van der Waals surface area contributed by atoms with Crippen LogP contribution in [0.25, 0.3) is 0 Å². The van der Waals surface area contributed by atoms with Crippen LogP contribution in [0, 0.1) is 0 Å². The number of rotatable bonds is 3. The van der Waals surface area contributed by atoms with E-state index in [9.17, 15) is 0 Å². The third kappa shape index (κ3) is 4.06. The van der Waals surface area contributed by atoms with Gasteiger partial charge in [-0.1, -0.05) is 20.8 Å². The molecule has 0 aromatic carbocycles. The summed E-state index contributed by atoms with van der Waals surface area (Å²) in [6.07, 6.45) is 0. The maximum atomic E-state index is 2.38. The monoisotopic (exact) mass is 122 g/mol. The Morgan fingerprint density at radius 1 is 1.00 bits per heavy atom. The molecule has 0 spiro atoms. The first-order chi connectivity index (χ1) is 3.35. The van der Waals surface area contributed by atoms with E-state index in [2.05, 4.69) is 25.7 Å². The summed E-state index contributed by atoms with van der Waals surface area (Å²) in [6, 6.07) is 0. The van der Waals surface area contributed by atoms with Gasteiger partial charge in [-0.15, -0.1) is 0 Å². The first-order valence-electron chi connectivity index (χ1n) is 3.07. The Kier molecular flexibility index (Phi) is 9.30. The topological polar surface area (TPSA) is 3.24 Å². The van der Waals surface area contributed by atoms with E-state index in [-0.39, 0.29) is 6.13 Å². The van der Waals surface area contributed by atoms with E-state index in [0.717, 1.165) is 0 Å². The van der Waals surface area contributed by atoms with E-state index >= 15 is 0 Å². The van der Waals surface area contributed by atoms with Crippen molar-refractivity contribution in [3.8, 4) is 0 Å². The maximum absolute atomic E-state index is 2.38. The van der Waals surface area contributed by atoms with E-state index in [4.69, 9.17) is 0 Å². The van der Waals surface area contributed by atoms with Gasteiger partial charge in [0.15, 0.2) is 0 Å². The van der Waals surface area contributed by atoms with Gasteiger partial charge in [0, 0.05) is 0 Å². The summed E-state index contributed by atoms with van der Waals surface area (Å²) in [7, 11) is 0. The summed E-state index contributed by atoms with van der Waals surface area (Å²) in [6.45, 7) is 10.1. The van der Waals surface area contributed by atoms with Crippen LogP contribution in [0.15, 0.2) is 0 Å². The molecule has 0 saturated carbocycles. The van der Waals surface area contributed by atoms with Gasteiger partial charge in [0.1, 0.15) is 0 Å². The lowest BCUT2D eigenvalue weighted by molar-refractivity contribution is 0.321. The average Bonchev–Trinajstić information content (AvgIpc) is 1.72. The van der Waals surface area contributed by atoms with E-state index in [1.54, 1.807) is 0 Å². The molecular formula is C6H17FN+. The first-order valence-corrected chi connectivity index (χ1v) is 3.07. The fourth-order valence-electron chi connectivity index (χ4n) is 0.671. The molecule has 0 atom stereocenters. The van der Waals surface area contributed by atoms with Crippen molar-refractivity contribution >= 4 is 0 Å². The predicted octanol–water partition coefficient (Wildman–Crippen LogP) is 1.61. The number of halogens is 1. The van der Waals surface area contributed by atoms with Crippen molar-refractivity contribution in [1.82, 2.24) is 4.90 Å². The molecule has 0 fully saturated rings. The van der Waals surface area contributed by atoms with Crippen LogP contribution in [0.1, 0.15) is 22.2 Å². The third-order valence-electron chi connectivity index (χ3n) is 1.34. The Morgan fingerprint density at radius 2 is 1.25 bits per heavy atom. The number of nitrogens with zero attached hydrogens (tertiary/aromatic N) is 1. The van der Waals surface area contributed by atoms with Crippen LogP contribution in [0.2, 0.25) is 0 Å². The highest BCUT2D eigenvalue weighted by Gasteiger charge is 1.89. The zero-order valence-electron chi connectivity index (χ0n) is 6.98. The Morgan fingerprint density at radius 3 is 1.25 bits per heavy atom. The lowest BCUT2D eigenvalue weighted by Crippen LogP contribution is -2.21. The van der Waals surface area contributed by atoms with Crippen LogP contribution in [0.3, 0.4) is 0 Å². The van der Waals surface area contributed by atoms with E-state index < -0.39 is 0 Å². The minimum absolute atomic E-state index is 0. The molecule has 52 valence electrons. The third-order valence-corrected chi connectivity index (χ3v) is 1.34. The standard InChI is InChI=1S/C6H15N.FH/c1-4-7(5-2)6-3;/h4-6H2,1-3H3;1H/p+1. The molecule has 0 aliphatic carbocycles. The van der Waals surface area contributed by atoms with Crippen LogP contribution in [0.5, 0.6) is 0 Å². The molecule has 2 heteroatoms. The Hall–Kier alpha value is -0.110. The van der Waals surface area contributed by atoms with Gasteiger partial charge < -0.3 is 4.90 Å². The lowest BCUT2D eigenvalue weighted by atomic mass is 10.5. The molecule has 0 amide bonds. The highest BCUT2D eigenvalue weighted by molar-refractivity contribution is 4.43. The minimum Gasteiger partial charge on any atom is -0.304 e. The second-order valence-electron chi connectivity index (χ2n) is 1.62. The zero-order chi connectivity index (χ0) is 5.70. The van der Waals surface area contributed by atoms with E-state index in [1.807, 2.05) is 0 Å². The zero-order valence-corrected chi connectivity index (χ0v) is 5.98. The molecule has 0 saturated heterocycles. The molecule has 0 N–H and O–H groups in total. The van der Waals surface area contributed by atoms with Crippen molar-refractivity contribution in [3.63, 3.8) is 0 Å². The normalized spacial score (nSPS) is 9.00. The molecule has 0 rings (SSSR count). The van der Waals surface area contributed by atoms with Crippen LogP contribution in [-0.4, -0.2) is 24.5 Å². The summed E-state index contributed by atoms with van der Waals surface area (Å²) in [4.78, 5) is 2.38. The van der Waals surface area contributed by atoms with Crippen molar-refractivity contribution in [2.75, 3.05) is 19.6 Å². The van der Waals surface area contributed by atoms with Gasteiger partial charge in [-0.2, -0.15) is 0 Å². The van der Waals surface area contributed by atoms with Crippen molar-refractivity contribution in [3.05, 3.63) is 0 Å². The van der Waals surface area contributed by atoms with Gasteiger partial charge in [-0.25, -0.2) is 0 Å². The molecule has 0 heterocycles. The Bertz CT molecular complexity index is 34.5. The van der Waals surface area contributed by atoms with Crippen molar-refractivity contribution in [2.24, 2.45) is 0 Å². The quantitative estimate of drug-likeness (QED) is 0.549. The maximum Gasteiger partial charge on any atom is 1.00 e. The van der Waals surface area contributed by atoms with Crippen LogP contribution < -0.4 is 0 Å². The molecule has 0 radical (unpaired) electrons. The van der Waals surface area contributed by atoms with Gasteiger partial charge in [-0.3, -0.25) is 4.70 Å². The van der Waals surface area contributed by atoms with Gasteiger partial charge >= 0.3 is 1.43 Å². The number of hydrogen-bond donors (Lipinski definition) is 0. The molecular weight excluding hydrogens is 105 g/mol. The second-order valence-corrected chi connectivity index (χ2v) is 1.62. The summed E-state index contributed by atoms with van der Waals surface area (Å²) in [5.41, 5.74) is 0. The number of hydrogen-bond acceptors (Lipinski definition) is 1. The van der Waals surface area contributed by atoms with Crippen molar-refractivity contribution < 1.29 is 6.13 Å². The lowest BCUT2D eigenvalue weighted by Gasteiger charge is -2.13. The molecule has 0 aromatic rings. The average molecular weight is 122 g/mol. The van der Waals surface area contributed by atoms with Gasteiger partial charge in [0.05, 0.1) is 0 Å². The fourth-order valence-corrected chi connectivity index (χ4v) is 0.671. The predicted molar refractivity (Wildman–Crippen MR) is 37.1 cm³/mol. The summed E-state index contributed by atoms with van der Waals surface area (Å²) < 4.78 is 0. The van der Waals surface area contributed by atoms with Crippen LogP contribution in [-0.2, 0) is 0 Å². The van der Waals surface area contributed by atoms with E-state index in [1.165, 1.54) is 19.6 Å². The van der Waals surface area contributed by atoms with Crippen LogP contribution >= 0.6 is 0 Å². The highest BCUT2D eigenvalue weighted by Crippen LogP contribution is 1.81. The second kappa shape index (κ2) is 6.89. The van der Waals surface area contributed by atoms with Crippen molar-refractivity contribution in [2.45, 2.75) is 20.8 Å². The van der Waals surface area contributed by atoms with Crippen molar-refractivity contribution in [1.29, 1.82) is 0 Å². The summed E-state index contributed by atoms with van der Waals surface area (Å²) >= 11 is 0. The molecule has 1 nitrogen and oxygen atoms in total. The first kappa shape index (κ1) is 10.8. The van der Waals surface area contributed by atoms with Crippen LogP contribution in [0.4, 0.5) is 4.70 Å². The smallest absolute Gasteiger partial charge is 0.304 e. The van der Waals surface area contributed by atoms with E-state index in [0.29, 0.717) is 0 Å². The fraction of sp³-hybridized carbons (Fsp3) is 1.00. The largest absolute Gasteiger partial charge is 1.00 e. The Balaban J connectivity index is -0.000000180. The minimum atomic E-state index is 0. The SMILES string of the molecule is CCN(CC)CC.F.[H+].